The van der Waals surface area contributed by atoms with E-state index in [1.165, 1.54) is 21.4 Å². The van der Waals surface area contributed by atoms with E-state index in [2.05, 4.69) is 45.3 Å². The highest BCUT2D eigenvalue weighted by atomic mass is 35.5. The highest BCUT2D eigenvalue weighted by Crippen LogP contribution is 2.35. The van der Waals surface area contributed by atoms with Crippen LogP contribution in [0.2, 0.25) is 0 Å². The molecule has 0 aliphatic carbocycles. The summed E-state index contributed by atoms with van der Waals surface area (Å²) >= 11 is 0. The zero-order chi connectivity index (χ0) is 22.4. The third kappa shape index (κ3) is 3.91. The summed E-state index contributed by atoms with van der Waals surface area (Å²) in [4.78, 5) is 36.3. The highest BCUT2D eigenvalue weighted by Gasteiger charge is 2.40. The summed E-state index contributed by atoms with van der Waals surface area (Å²) in [6, 6.07) is 16.4. The number of likely N-dealkylation sites (tertiary alicyclic amines) is 2. The number of halogens is 1. The minimum Gasteiger partial charge on any atom is -0.361 e. The van der Waals surface area contributed by atoms with Crippen LogP contribution in [0.1, 0.15) is 42.2 Å². The molecule has 6 rings (SSSR count). The van der Waals surface area contributed by atoms with Crippen molar-refractivity contribution in [2.45, 2.75) is 31.1 Å². The summed E-state index contributed by atoms with van der Waals surface area (Å²) in [5, 5.41) is 2.36. The number of nitrogens with zero attached hydrogens (tertiary/aromatic N) is 2. The number of benzene rings is 2. The first-order valence-corrected chi connectivity index (χ1v) is 11.9. The number of nitrogens with one attached hydrogen (secondary N) is 2. The smallest absolute Gasteiger partial charge is 0.237 e. The minimum atomic E-state index is -0.374. The average Bonchev–Trinajstić information content (AvgIpc) is 3.54. The van der Waals surface area contributed by atoms with Crippen LogP contribution >= 0.6 is 12.4 Å². The predicted molar refractivity (Wildman–Crippen MR) is 136 cm³/mol. The summed E-state index contributed by atoms with van der Waals surface area (Å²) in [5.74, 6) is 0.0716. The first-order valence-electron chi connectivity index (χ1n) is 11.9. The van der Waals surface area contributed by atoms with Crippen molar-refractivity contribution in [1.29, 1.82) is 0 Å². The number of aromatic nitrogens is 2. The number of para-hydroxylation sites is 2. The third-order valence-corrected chi connectivity index (χ3v) is 7.53. The SMILES string of the molecule is Cl.O=C1CC(c2c[nH]c3ccccc23)C(=O)N1CCN1CCC(c2c[nH]c3ccccc23)CC1. The van der Waals surface area contributed by atoms with E-state index < -0.39 is 0 Å². The molecule has 0 radical (unpaired) electrons. The molecule has 1 atom stereocenters. The lowest BCUT2D eigenvalue weighted by Crippen LogP contribution is -2.41. The Labute approximate surface area is 204 Å². The molecule has 1 unspecified atom stereocenters. The van der Waals surface area contributed by atoms with E-state index in [-0.39, 0.29) is 36.6 Å². The molecule has 4 heterocycles. The van der Waals surface area contributed by atoms with Gasteiger partial charge in [-0.25, -0.2) is 0 Å². The number of carbonyl (C=O) groups is 2. The molecule has 6 nitrogen and oxygen atoms in total. The van der Waals surface area contributed by atoms with Gasteiger partial charge in [-0.3, -0.25) is 14.5 Å². The van der Waals surface area contributed by atoms with Crippen LogP contribution < -0.4 is 0 Å². The maximum atomic E-state index is 13.1. The third-order valence-electron chi connectivity index (χ3n) is 7.53. The number of aromatic amines is 2. The molecule has 2 aliphatic heterocycles. The highest BCUT2D eigenvalue weighted by molar-refractivity contribution is 6.08. The first-order chi connectivity index (χ1) is 16.2. The number of amides is 2. The lowest BCUT2D eigenvalue weighted by Gasteiger charge is -2.32. The normalized spacial score (nSPS) is 19.9. The Kier molecular flexibility index (Phi) is 6.19. The fraction of sp³-hybridized carbons (Fsp3) is 0.333. The molecule has 2 fully saturated rings. The molecule has 0 spiro atoms. The standard InChI is InChI=1S/C27H28N4O2.ClH/c32-26-15-21(23-17-29-25-8-4-2-6-20(23)25)27(33)31(26)14-13-30-11-9-18(10-12-30)22-16-28-24-7-3-1-5-19(22)24;/h1-8,16-18,21,28-29H,9-15H2;1H. The van der Waals surface area contributed by atoms with Gasteiger partial charge in [-0.15, -0.1) is 12.4 Å². The second kappa shape index (κ2) is 9.28. The Balaban J connectivity index is 0.00000241. The van der Waals surface area contributed by atoms with Crippen LogP contribution in [-0.2, 0) is 9.59 Å². The van der Waals surface area contributed by atoms with Gasteiger partial charge in [-0.05, 0) is 55.1 Å². The van der Waals surface area contributed by atoms with Crippen LogP contribution in [0.15, 0.2) is 60.9 Å². The van der Waals surface area contributed by atoms with Crippen molar-refractivity contribution in [3.63, 3.8) is 0 Å². The van der Waals surface area contributed by atoms with Gasteiger partial charge in [0.2, 0.25) is 11.8 Å². The molecular weight excluding hydrogens is 448 g/mol. The molecular formula is C27H29ClN4O2. The number of piperidine rings is 1. The van der Waals surface area contributed by atoms with Crippen LogP contribution in [0.25, 0.3) is 21.8 Å². The van der Waals surface area contributed by atoms with E-state index >= 15 is 0 Å². The molecule has 2 saturated heterocycles. The molecule has 0 saturated carbocycles. The number of imide groups is 1. The van der Waals surface area contributed by atoms with Crippen molar-refractivity contribution in [2.75, 3.05) is 26.2 Å². The zero-order valence-corrected chi connectivity index (χ0v) is 19.8. The summed E-state index contributed by atoms with van der Waals surface area (Å²) in [7, 11) is 0. The number of carbonyl (C=O) groups excluding carboxylic acids is 2. The summed E-state index contributed by atoms with van der Waals surface area (Å²) in [6.07, 6.45) is 6.52. The van der Waals surface area contributed by atoms with E-state index in [9.17, 15) is 9.59 Å². The monoisotopic (exact) mass is 476 g/mol. The van der Waals surface area contributed by atoms with Crippen molar-refractivity contribution >= 4 is 46.0 Å². The maximum absolute atomic E-state index is 13.1. The van der Waals surface area contributed by atoms with Crippen LogP contribution in [0.4, 0.5) is 0 Å². The van der Waals surface area contributed by atoms with Crippen molar-refractivity contribution in [2.24, 2.45) is 0 Å². The molecule has 2 aromatic carbocycles. The molecule has 34 heavy (non-hydrogen) atoms. The summed E-state index contributed by atoms with van der Waals surface area (Å²) in [6.45, 7) is 3.21. The van der Waals surface area contributed by atoms with Gasteiger partial charge >= 0.3 is 0 Å². The molecule has 4 aromatic rings. The Hall–Kier alpha value is -3.09. The Morgan fingerprint density at radius 2 is 1.38 bits per heavy atom. The van der Waals surface area contributed by atoms with Crippen LogP contribution in [0.5, 0.6) is 0 Å². The zero-order valence-electron chi connectivity index (χ0n) is 19.0. The summed E-state index contributed by atoms with van der Waals surface area (Å²) < 4.78 is 0. The van der Waals surface area contributed by atoms with Gasteiger partial charge in [-0.2, -0.15) is 0 Å². The van der Waals surface area contributed by atoms with Crippen molar-refractivity contribution in [1.82, 2.24) is 19.8 Å². The van der Waals surface area contributed by atoms with E-state index in [0.29, 0.717) is 12.5 Å². The molecule has 2 N–H and O–H groups in total. The number of hydrogen-bond donors (Lipinski definition) is 2. The topological polar surface area (TPSA) is 72.2 Å². The molecule has 176 valence electrons. The quantitative estimate of drug-likeness (QED) is 0.407. The predicted octanol–water partition coefficient (Wildman–Crippen LogP) is 4.79. The Morgan fingerprint density at radius 1 is 0.794 bits per heavy atom. The minimum absolute atomic E-state index is 0. The number of hydrogen-bond acceptors (Lipinski definition) is 3. The van der Waals surface area contributed by atoms with Crippen molar-refractivity contribution in [3.05, 3.63) is 72.1 Å². The van der Waals surface area contributed by atoms with E-state index in [1.807, 2.05) is 30.5 Å². The summed E-state index contributed by atoms with van der Waals surface area (Å²) in [5.41, 5.74) is 4.55. The van der Waals surface area contributed by atoms with E-state index in [1.54, 1.807) is 0 Å². The first kappa shape index (κ1) is 22.7. The molecule has 2 aliphatic rings. The van der Waals surface area contributed by atoms with Crippen molar-refractivity contribution < 1.29 is 9.59 Å². The molecule has 2 aromatic heterocycles. The average molecular weight is 477 g/mol. The van der Waals surface area contributed by atoms with E-state index in [4.69, 9.17) is 0 Å². The molecule has 2 amide bonds. The Bertz CT molecular complexity index is 1330. The fourth-order valence-corrected chi connectivity index (χ4v) is 5.68. The van der Waals surface area contributed by atoms with Gasteiger partial charge in [0.25, 0.3) is 0 Å². The van der Waals surface area contributed by atoms with Gasteiger partial charge in [0.05, 0.1) is 5.92 Å². The van der Waals surface area contributed by atoms with Crippen LogP contribution in [0.3, 0.4) is 0 Å². The molecule has 0 bridgehead atoms. The maximum Gasteiger partial charge on any atom is 0.237 e. The van der Waals surface area contributed by atoms with Crippen molar-refractivity contribution in [3.8, 4) is 0 Å². The van der Waals surface area contributed by atoms with Gasteiger partial charge in [-0.1, -0.05) is 36.4 Å². The van der Waals surface area contributed by atoms with Gasteiger partial charge in [0.1, 0.15) is 0 Å². The van der Waals surface area contributed by atoms with Gasteiger partial charge < -0.3 is 14.9 Å². The van der Waals surface area contributed by atoms with Crippen LogP contribution in [0, 0.1) is 0 Å². The number of fused-ring (bicyclic) bond motifs is 2. The molecule has 7 heteroatoms. The largest absolute Gasteiger partial charge is 0.361 e. The lowest BCUT2D eigenvalue weighted by atomic mass is 9.89. The lowest BCUT2D eigenvalue weighted by molar-refractivity contribution is -0.138. The van der Waals surface area contributed by atoms with Gasteiger partial charge in [0, 0.05) is 53.7 Å². The Morgan fingerprint density at radius 3 is 2.06 bits per heavy atom. The number of H-pyrrole nitrogens is 2. The van der Waals surface area contributed by atoms with E-state index in [0.717, 1.165) is 48.9 Å². The second-order valence-electron chi connectivity index (χ2n) is 9.34. The second-order valence-corrected chi connectivity index (χ2v) is 9.34. The van der Waals surface area contributed by atoms with Crippen LogP contribution in [-0.4, -0.2) is 57.8 Å². The van der Waals surface area contributed by atoms with Gasteiger partial charge in [0.15, 0.2) is 0 Å². The number of rotatable bonds is 5. The fourth-order valence-electron chi connectivity index (χ4n) is 5.68.